The molecule has 0 aliphatic carbocycles. The molecule has 1 aliphatic rings. The molecule has 1 aromatic heterocycles. The van der Waals surface area contributed by atoms with E-state index in [0.29, 0.717) is 17.5 Å². The van der Waals surface area contributed by atoms with E-state index in [1.165, 1.54) is 20.0 Å². The molecule has 1 fully saturated rings. The molecule has 0 radical (unpaired) electrons. The Kier molecular flexibility index (Phi) is 4.79. The molecule has 0 bridgehead atoms. The molecule has 2 rings (SSSR count). The normalized spacial score (nSPS) is 19.0. The summed E-state index contributed by atoms with van der Waals surface area (Å²) in [7, 11) is 1.34. The number of nitrogens with one attached hydrogen (secondary N) is 1. The van der Waals surface area contributed by atoms with Crippen LogP contribution in [-0.4, -0.2) is 48.6 Å². The van der Waals surface area contributed by atoms with Gasteiger partial charge in [-0.25, -0.2) is 9.78 Å². The van der Waals surface area contributed by atoms with Crippen LogP contribution in [0.5, 0.6) is 0 Å². The average Bonchev–Trinajstić information content (AvgIpc) is 2.93. The van der Waals surface area contributed by atoms with Crippen LogP contribution < -0.4 is 11.1 Å². The molecule has 20 heavy (non-hydrogen) atoms. The number of ether oxygens (including phenoxy) is 1. The Labute approximate surface area is 119 Å². The second-order valence-corrected chi connectivity index (χ2v) is 4.93. The van der Waals surface area contributed by atoms with E-state index in [1.54, 1.807) is 12.1 Å². The van der Waals surface area contributed by atoms with Crippen molar-refractivity contribution in [3.8, 4) is 0 Å². The van der Waals surface area contributed by atoms with Crippen molar-refractivity contribution in [2.75, 3.05) is 37.8 Å². The number of carbonyl (C=O) groups excluding carboxylic acids is 1. The summed E-state index contributed by atoms with van der Waals surface area (Å²) in [4.78, 5) is 18.1. The fraction of sp³-hybridized carbons (Fsp3) is 0.571. The van der Waals surface area contributed by atoms with Gasteiger partial charge in [-0.3, -0.25) is 4.90 Å². The van der Waals surface area contributed by atoms with Crippen LogP contribution in [0.15, 0.2) is 12.1 Å². The number of likely N-dealkylation sites (tertiary alicyclic amines) is 1. The number of anilines is 2. The second kappa shape index (κ2) is 6.56. The molecule has 110 valence electrons. The third-order valence-corrected chi connectivity index (χ3v) is 3.73. The minimum Gasteiger partial charge on any atom is -0.464 e. The molecule has 1 unspecified atom stereocenters. The fourth-order valence-corrected chi connectivity index (χ4v) is 2.59. The molecule has 6 nitrogen and oxygen atoms in total. The first-order valence-electron chi connectivity index (χ1n) is 6.98. The van der Waals surface area contributed by atoms with Gasteiger partial charge in [0.25, 0.3) is 0 Å². The molecule has 1 saturated heterocycles. The maximum absolute atomic E-state index is 11.5. The van der Waals surface area contributed by atoms with Gasteiger partial charge in [-0.2, -0.15) is 0 Å². The van der Waals surface area contributed by atoms with Crippen LogP contribution in [0.25, 0.3) is 0 Å². The number of nitrogen functional groups attached to an aromatic ring is 1. The predicted octanol–water partition coefficient (Wildman–Crippen LogP) is 1.35. The lowest BCUT2D eigenvalue weighted by atomic mass is 10.2. The number of nitrogens with zero attached hydrogens (tertiary/aromatic N) is 2. The Balaban J connectivity index is 2.03. The van der Waals surface area contributed by atoms with Crippen molar-refractivity contribution >= 4 is 17.5 Å². The Morgan fingerprint density at radius 2 is 2.40 bits per heavy atom. The fourth-order valence-electron chi connectivity index (χ4n) is 2.59. The van der Waals surface area contributed by atoms with Gasteiger partial charge in [-0.1, -0.05) is 6.92 Å². The van der Waals surface area contributed by atoms with Crippen molar-refractivity contribution in [1.82, 2.24) is 9.88 Å². The van der Waals surface area contributed by atoms with E-state index in [9.17, 15) is 4.79 Å². The van der Waals surface area contributed by atoms with Crippen molar-refractivity contribution in [1.29, 1.82) is 0 Å². The van der Waals surface area contributed by atoms with Crippen LogP contribution in [0, 0.1) is 0 Å². The van der Waals surface area contributed by atoms with Gasteiger partial charge >= 0.3 is 5.97 Å². The molecule has 1 atom stereocenters. The highest BCUT2D eigenvalue weighted by atomic mass is 16.5. The zero-order valence-corrected chi connectivity index (χ0v) is 12.1. The Bertz CT molecular complexity index is 478. The van der Waals surface area contributed by atoms with Gasteiger partial charge in [0.2, 0.25) is 0 Å². The van der Waals surface area contributed by atoms with E-state index in [1.807, 2.05) is 0 Å². The number of rotatable bonds is 5. The molecule has 2 heterocycles. The Morgan fingerprint density at radius 3 is 3.10 bits per heavy atom. The third-order valence-electron chi connectivity index (χ3n) is 3.73. The standard InChI is InChI=1S/C14H22N4O2/c1-3-18-8-4-5-10(18)9-16-13-11(15)6-7-12(17-13)14(19)20-2/h6-7,10H,3-5,8-9,15H2,1-2H3,(H,16,17). The second-order valence-electron chi connectivity index (χ2n) is 4.93. The molecule has 1 aromatic rings. The van der Waals surface area contributed by atoms with E-state index in [4.69, 9.17) is 5.73 Å². The molecule has 1 aliphatic heterocycles. The highest BCUT2D eigenvalue weighted by molar-refractivity contribution is 5.88. The van der Waals surface area contributed by atoms with Gasteiger partial charge in [0, 0.05) is 12.6 Å². The maximum atomic E-state index is 11.5. The summed E-state index contributed by atoms with van der Waals surface area (Å²) >= 11 is 0. The number of aromatic nitrogens is 1. The lowest BCUT2D eigenvalue weighted by molar-refractivity contribution is 0.0594. The number of esters is 1. The van der Waals surface area contributed by atoms with E-state index in [0.717, 1.165) is 19.6 Å². The molecular weight excluding hydrogens is 256 g/mol. The highest BCUT2D eigenvalue weighted by Crippen LogP contribution is 2.20. The first-order valence-corrected chi connectivity index (χ1v) is 6.98. The van der Waals surface area contributed by atoms with Crippen LogP contribution in [0.4, 0.5) is 11.5 Å². The molecular formula is C14H22N4O2. The summed E-state index contributed by atoms with van der Waals surface area (Å²) in [6, 6.07) is 3.75. The zero-order valence-electron chi connectivity index (χ0n) is 12.1. The van der Waals surface area contributed by atoms with Gasteiger partial charge in [0.15, 0.2) is 5.69 Å². The quantitative estimate of drug-likeness (QED) is 0.791. The summed E-state index contributed by atoms with van der Waals surface area (Å²) in [6.45, 7) is 5.16. The summed E-state index contributed by atoms with van der Waals surface area (Å²) in [5, 5.41) is 3.25. The molecule has 3 N–H and O–H groups in total. The van der Waals surface area contributed by atoms with Crippen LogP contribution in [0.2, 0.25) is 0 Å². The van der Waals surface area contributed by atoms with Crippen LogP contribution in [-0.2, 0) is 4.74 Å². The van der Waals surface area contributed by atoms with Crippen molar-refractivity contribution in [2.45, 2.75) is 25.8 Å². The van der Waals surface area contributed by atoms with E-state index in [-0.39, 0.29) is 5.69 Å². The summed E-state index contributed by atoms with van der Waals surface area (Å²) in [5.41, 5.74) is 6.70. The smallest absolute Gasteiger partial charge is 0.356 e. The van der Waals surface area contributed by atoms with Crippen molar-refractivity contribution in [2.24, 2.45) is 0 Å². The number of likely N-dealkylation sites (N-methyl/N-ethyl adjacent to an activating group) is 1. The lowest BCUT2D eigenvalue weighted by Gasteiger charge is -2.23. The third kappa shape index (κ3) is 3.19. The van der Waals surface area contributed by atoms with Gasteiger partial charge in [0.1, 0.15) is 5.82 Å². The zero-order chi connectivity index (χ0) is 14.5. The van der Waals surface area contributed by atoms with Crippen molar-refractivity contribution in [3.63, 3.8) is 0 Å². The Morgan fingerprint density at radius 1 is 1.60 bits per heavy atom. The average molecular weight is 278 g/mol. The number of hydrogen-bond acceptors (Lipinski definition) is 6. The number of pyridine rings is 1. The predicted molar refractivity (Wildman–Crippen MR) is 78.7 cm³/mol. The van der Waals surface area contributed by atoms with Crippen LogP contribution in [0.1, 0.15) is 30.3 Å². The van der Waals surface area contributed by atoms with Crippen molar-refractivity contribution in [3.05, 3.63) is 17.8 Å². The first-order chi connectivity index (χ1) is 9.65. The van der Waals surface area contributed by atoms with E-state index in [2.05, 4.69) is 26.9 Å². The molecule has 0 saturated carbocycles. The van der Waals surface area contributed by atoms with E-state index >= 15 is 0 Å². The largest absolute Gasteiger partial charge is 0.464 e. The topological polar surface area (TPSA) is 80.5 Å². The minimum atomic E-state index is -0.455. The number of nitrogens with two attached hydrogens (primary N) is 1. The minimum absolute atomic E-state index is 0.267. The first kappa shape index (κ1) is 14.6. The maximum Gasteiger partial charge on any atom is 0.356 e. The van der Waals surface area contributed by atoms with E-state index < -0.39 is 5.97 Å². The molecule has 0 spiro atoms. The number of methoxy groups -OCH3 is 1. The van der Waals surface area contributed by atoms with Crippen molar-refractivity contribution < 1.29 is 9.53 Å². The highest BCUT2D eigenvalue weighted by Gasteiger charge is 2.23. The SMILES string of the molecule is CCN1CCCC1CNc1nc(C(=O)OC)ccc1N. The summed E-state index contributed by atoms with van der Waals surface area (Å²) in [6.07, 6.45) is 2.41. The monoisotopic (exact) mass is 278 g/mol. The van der Waals surface area contributed by atoms with Gasteiger partial charge < -0.3 is 15.8 Å². The van der Waals surface area contributed by atoms with Gasteiger partial charge in [-0.05, 0) is 38.1 Å². The lowest BCUT2D eigenvalue weighted by Crippen LogP contribution is -2.35. The summed E-state index contributed by atoms with van der Waals surface area (Å²) < 4.78 is 4.67. The summed E-state index contributed by atoms with van der Waals surface area (Å²) in [5.74, 6) is 0.0972. The van der Waals surface area contributed by atoms with Gasteiger partial charge in [-0.15, -0.1) is 0 Å². The van der Waals surface area contributed by atoms with Crippen LogP contribution in [0.3, 0.4) is 0 Å². The molecule has 0 amide bonds. The van der Waals surface area contributed by atoms with Gasteiger partial charge in [0.05, 0.1) is 12.8 Å². The molecule has 0 aromatic carbocycles. The Hall–Kier alpha value is -1.82. The number of hydrogen-bond donors (Lipinski definition) is 2. The number of carbonyl (C=O) groups is 1. The van der Waals surface area contributed by atoms with Crippen LogP contribution >= 0.6 is 0 Å². The molecule has 6 heteroatoms.